The van der Waals surface area contributed by atoms with E-state index in [2.05, 4.69) is 13.8 Å². The van der Waals surface area contributed by atoms with Crippen LogP contribution in [0.25, 0.3) is 0 Å². The molecular formula is C33H52O2. The van der Waals surface area contributed by atoms with E-state index in [9.17, 15) is 9.59 Å². The maximum Gasteiger partial charge on any atom is 0.137 e. The molecule has 6 aliphatic carbocycles. The van der Waals surface area contributed by atoms with Crippen molar-refractivity contribution < 1.29 is 9.59 Å². The Labute approximate surface area is 215 Å². The maximum atomic E-state index is 14.2. The molecule has 0 N–H and O–H groups in total. The standard InChI is InChI=1S/C33H52O2/c1-22(34)33(24-12-8-5-9-13-24)29(23-10-6-4-7-11-23)21-30-27-15-14-25-20-26(35)16-18-31(25,2)28(27)17-19-32(30,33)3/h23-25,27-30H,4-21H2,1-3H3/t25?,27-,28+,29?,30+,31+,32+,33-/m1/s1. The zero-order chi connectivity index (χ0) is 24.4. The minimum atomic E-state index is -0.0641. The van der Waals surface area contributed by atoms with Crippen molar-refractivity contribution >= 4 is 11.6 Å². The van der Waals surface area contributed by atoms with Gasteiger partial charge in [0.25, 0.3) is 0 Å². The fourth-order valence-electron chi connectivity index (χ4n) is 12.6. The van der Waals surface area contributed by atoms with Gasteiger partial charge >= 0.3 is 0 Å². The SMILES string of the molecule is CC(=O)[C@@]1(C2CCCCC2)C(C2CCCCC2)C[C@H]2[C@@H]3CCC4CC(=O)CC[C@]4(C)[C@H]3CC[C@@]21C. The molecule has 0 saturated heterocycles. The third kappa shape index (κ3) is 3.46. The van der Waals surface area contributed by atoms with E-state index in [0.717, 1.165) is 42.9 Å². The van der Waals surface area contributed by atoms with Crippen LogP contribution in [0.2, 0.25) is 0 Å². The van der Waals surface area contributed by atoms with Gasteiger partial charge in [0.1, 0.15) is 11.6 Å². The molecule has 35 heavy (non-hydrogen) atoms. The van der Waals surface area contributed by atoms with Crippen molar-refractivity contribution in [3.63, 3.8) is 0 Å². The molecule has 0 radical (unpaired) electrons. The zero-order valence-electron chi connectivity index (χ0n) is 23.1. The summed E-state index contributed by atoms with van der Waals surface area (Å²) in [4.78, 5) is 26.6. The summed E-state index contributed by atoms with van der Waals surface area (Å²) in [5.74, 6) is 6.10. The van der Waals surface area contributed by atoms with Gasteiger partial charge < -0.3 is 0 Å². The third-order valence-electron chi connectivity index (χ3n) is 14.0. The largest absolute Gasteiger partial charge is 0.300 e. The van der Waals surface area contributed by atoms with Crippen LogP contribution in [0.15, 0.2) is 0 Å². The molecule has 0 amide bonds. The van der Waals surface area contributed by atoms with Crippen LogP contribution in [-0.2, 0) is 9.59 Å². The van der Waals surface area contributed by atoms with Gasteiger partial charge in [-0.15, -0.1) is 0 Å². The van der Waals surface area contributed by atoms with Crippen LogP contribution >= 0.6 is 0 Å². The second-order valence-corrected chi connectivity index (χ2v) is 14.9. The van der Waals surface area contributed by atoms with Crippen molar-refractivity contribution in [1.82, 2.24) is 0 Å². The quantitative estimate of drug-likeness (QED) is 0.405. The van der Waals surface area contributed by atoms with Crippen molar-refractivity contribution in [2.45, 2.75) is 136 Å². The highest BCUT2D eigenvalue weighted by Crippen LogP contribution is 2.75. The molecule has 0 bridgehead atoms. The number of Topliss-reactive ketones (excluding diaryl/α,β-unsaturated/α-hetero) is 2. The Morgan fingerprint density at radius 3 is 2.11 bits per heavy atom. The monoisotopic (exact) mass is 480 g/mol. The first kappa shape index (κ1) is 24.7. The van der Waals surface area contributed by atoms with Crippen molar-refractivity contribution in [3.05, 3.63) is 0 Å². The van der Waals surface area contributed by atoms with Crippen LogP contribution in [0, 0.1) is 57.7 Å². The molecular weight excluding hydrogens is 428 g/mol. The molecule has 6 saturated carbocycles. The Morgan fingerprint density at radius 2 is 1.43 bits per heavy atom. The molecule has 196 valence electrons. The van der Waals surface area contributed by atoms with Gasteiger partial charge in [0.15, 0.2) is 0 Å². The maximum absolute atomic E-state index is 14.2. The van der Waals surface area contributed by atoms with Crippen LogP contribution in [0.5, 0.6) is 0 Å². The Hall–Kier alpha value is -0.660. The van der Waals surface area contributed by atoms with Gasteiger partial charge in [-0.3, -0.25) is 9.59 Å². The first-order valence-corrected chi connectivity index (χ1v) is 15.8. The first-order chi connectivity index (χ1) is 16.8. The Bertz CT molecular complexity index is 834. The molecule has 0 heterocycles. The Morgan fingerprint density at radius 1 is 0.743 bits per heavy atom. The van der Waals surface area contributed by atoms with Crippen molar-refractivity contribution in [3.8, 4) is 0 Å². The average molecular weight is 481 g/mol. The Balaban J connectivity index is 1.41. The molecule has 6 fully saturated rings. The number of hydrogen-bond donors (Lipinski definition) is 0. The molecule has 0 aliphatic heterocycles. The minimum Gasteiger partial charge on any atom is -0.300 e. The highest BCUT2D eigenvalue weighted by Gasteiger charge is 2.72. The summed E-state index contributed by atoms with van der Waals surface area (Å²) in [5, 5.41) is 0. The molecule has 0 aromatic carbocycles. The van der Waals surface area contributed by atoms with E-state index in [1.807, 2.05) is 6.92 Å². The van der Waals surface area contributed by atoms with E-state index in [-0.39, 0.29) is 10.8 Å². The molecule has 2 heteroatoms. The number of hydrogen-bond acceptors (Lipinski definition) is 2. The smallest absolute Gasteiger partial charge is 0.137 e. The van der Waals surface area contributed by atoms with Crippen LogP contribution < -0.4 is 0 Å². The van der Waals surface area contributed by atoms with Crippen LogP contribution in [0.1, 0.15) is 136 Å². The molecule has 6 rings (SSSR count). The lowest BCUT2D eigenvalue weighted by Gasteiger charge is -2.63. The highest BCUT2D eigenvalue weighted by atomic mass is 16.1. The summed E-state index contributed by atoms with van der Waals surface area (Å²) in [6, 6.07) is 0. The van der Waals surface area contributed by atoms with E-state index in [1.54, 1.807) is 0 Å². The van der Waals surface area contributed by atoms with E-state index < -0.39 is 0 Å². The second-order valence-electron chi connectivity index (χ2n) is 14.9. The van der Waals surface area contributed by atoms with Gasteiger partial charge in [0.2, 0.25) is 0 Å². The van der Waals surface area contributed by atoms with Gasteiger partial charge in [0.05, 0.1) is 0 Å². The summed E-state index contributed by atoms with van der Waals surface area (Å²) < 4.78 is 0. The summed E-state index contributed by atoms with van der Waals surface area (Å²) >= 11 is 0. The molecule has 8 atom stereocenters. The molecule has 2 unspecified atom stereocenters. The predicted octanol–water partition coefficient (Wildman–Crippen LogP) is 8.56. The molecule has 6 aliphatic rings. The minimum absolute atomic E-state index is 0.0641. The van der Waals surface area contributed by atoms with Gasteiger partial charge in [-0.1, -0.05) is 65.2 Å². The van der Waals surface area contributed by atoms with Crippen molar-refractivity contribution in [1.29, 1.82) is 0 Å². The topological polar surface area (TPSA) is 34.1 Å². The summed E-state index contributed by atoms with van der Waals surface area (Å²) in [6.07, 6.45) is 23.0. The molecule has 0 aromatic rings. The second kappa shape index (κ2) is 8.97. The van der Waals surface area contributed by atoms with Gasteiger partial charge in [0, 0.05) is 18.3 Å². The third-order valence-corrected chi connectivity index (χ3v) is 14.0. The van der Waals surface area contributed by atoms with Gasteiger partial charge in [-0.2, -0.15) is 0 Å². The van der Waals surface area contributed by atoms with Crippen LogP contribution in [0.3, 0.4) is 0 Å². The number of ketones is 2. The van der Waals surface area contributed by atoms with Crippen molar-refractivity contribution in [2.75, 3.05) is 0 Å². The number of carbonyl (C=O) groups is 2. The fourth-order valence-corrected chi connectivity index (χ4v) is 12.6. The van der Waals surface area contributed by atoms with E-state index in [1.165, 1.54) is 96.3 Å². The number of rotatable bonds is 3. The first-order valence-electron chi connectivity index (χ1n) is 15.8. The van der Waals surface area contributed by atoms with Crippen LogP contribution in [0.4, 0.5) is 0 Å². The summed E-state index contributed by atoms with van der Waals surface area (Å²) in [5.41, 5.74) is 0.494. The average Bonchev–Trinajstić information content (AvgIpc) is 3.15. The van der Waals surface area contributed by atoms with E-state index >= 15 is 0 Å². The lowest BCUT2D eigenvalue weighted by Crippen LogP contribution is -2.59. The fraction of sp³-hybridized carbons (Fsp3) is 0.939. The normalized spacial score (nSPS) is 49.2. The summed E-state index contributed by atoms with van der Waals surface area (Å²) in [7, 11) is 0. The Kier molecular flexibility index (Phi) is 6.32. The van der Waals surface area contributed by atoms with E-state index in [0.29, 0.717) is 34.7 Å². The lowest BCUT2D eigenvalue weighted by molar-refractivity contribution is -0.167. The number of carbonyl (C=O) groups excluding carboxylic acids is 2. The molecule has 0 aromatic heterocycles. The highest BCUT2D eigenvalue weighted by molar-refractivity contribution is 5.85. The summed E-state index contributed by atoms with van der Waals surface area (Å²) in [6.45, 7) is 7.26. The van der Waals surface area contributed by atoms with Crippen molar-refractivity contribution in [2.24, 2.45) is 57.7 Å². The van der Waals surface area contributed by atoms with E-state index in [4.69, 9.17) is 0 Å². The van der Waals surface area contributed by atoms with Gasteiger partial charge in [-0.25, -0.2) is 0 Å². The molecule has 0 spiro atoms. The van der Waals surface area contributed by atoms with Crippen LogP contribution in [-0.4, -0.2) is 11.6 Å². The van der Waals surface area contributed by atoms with Gasteiger partial charge in [-0.05, 0) is 111 Å². The molecule has 2 nitrogen and oxygen atoms in total. The lowest BCUT2D eigenvalue weighted by atomic mass is 9.41. The number of fused-ring (bicyclic) bond motifs is 5. The zero-order valence-corrected chi connectivity index (χ0v) is 23.1. The predicted molar refractivity (Wildman–Crippen MR) is 142 cm³/mol.